The highest BCUT2D eigenvalue weighted by molar-refractivity contribution is 5.96. The van der Waals surface area contributed by atoms with Crippen LogP contribution in [-0.4, -0.2) is 59.9 Å². The Hall–Kier alpha value is -1.10. The van der Waals surface area contributed by atoms with Gasteiger partial charge in [-0.3, -0.25) is 9.59 Å². The van der Waals surface area contributed by atoms with Crippen molar-refractivity contribution in [3.8, 4) is 0 Å². The van der Waals surface area contributed by atoms with Crippen LogP contribution in [0.3, 0.4) is 0 Å². The largest absolute Gasteiger partial charge is 0.343 e. The van der Waals surface area contributed by atoms with Gasteiger partial charge in [0.1, 0.15) is 12.1 Å². The minimum atomic E-state index is -0.376. The average molecular weight is 267 g/mol. The van der Waals surface area contributed by atoms with Gasteiger partial charge in [0.25, 0.3) is 0 Å². The number of carbonyl (C=O) groups excluding carboxylic acids is 2. The molecule has 0 aromatic heterocycles. The van der Waals surface area contributed by atoms with Gasteiger partial charge in [0.15, 0.2) is 0 Å². The zero-order chi connectivity index (χ0) is 14.0. The molecule has 0 aliphatic carbocycles. The summed E-state index contributed by atoms with van der Waals surface area (Å²) in [5, 5.41) is 2.76. The predicted molar refractivity (Wildman–Crippen MR) is 73.6 cm³/mol. The molecule has 0 spiro atoms. The molecule has 2 amide bonds. The Bertz CT molecular complexity index is 359. The summed E-state index contributed by atoms with van der Waals surface area (Å²) in [6.45, 7) is 9.86. The predicted octanol–water partition coefficient (Wildman–Crippen LogP) is 0.454. The molecule has 3 atom stereocenters. The molecule has 2 fully saturated rings. The quantitative estimate of drug-likeness (QED) is 0.805. The fraction of sp³-hybridized carbons (Fsp3) is 0.857. The van der Waals surface area contributed by atoms with Crippen LogP contribution in [0.5, 0.6) is 0 Å². The third-order valence-electron chi connectivity index (χ3n) is 4.35. The number of rotatable bonds is 4. The molecule has 5 nitrogen and oxygen atoms in total. The third kappa shape index (κ3) is 2.91. The average Bonchev–Trinajstić information content (AvgIpc) is 2.83. The van der Waals surface area contributed by atoms with E-state index in [4.69, 9.17) is 0 Å². The molecule has 0 bridgehead atoms. The van der Waals surface area contributed by atoms with Crippen molar-refractivity contribution in [1.29, 1.82) is 0 Å². The standard InChI is InChI=1S/C14H25N3O2/c1-4-12-13(18)15-10(3)14(19)17(12)9-11-6-7-16(5-2)8-11/h10-12H,4-9H2,1-3H3,(H,15,18). The normalized spacial score (nSPS) is 32.8. The Morgan fingerprint density at radius 1 is 1.32 bits per heavy atom. The number of nitrogens with one attached hydrogen (secondary N) is 1. The van der Waals surface area contributed by atoms with Crippen LogP contribution in [0.15, 0.2) is 0 Å². The Kier molecular flexibility index (Phi) is 4.45. The van der Waals surface area contributed by atoms with E-state index in [9.17, 15) is 9.59 Å². The van der Waals surface area contributed by atoms with Gasteiger partial charge in [0.05, 0.1) is 0 Å². The molecule has 2 aliphatic heterocycles. The summed E-state index contributed by atoms with van der Waals surface area (Å²) in [7, 11) is 0. The van der Waals surface area contributed by atoms with E-state index in [1.54, 1.807) is 6.92 Å². The minimum Gasteiger partial charge on any atom is -0.343 e. The Labute approximate surface area is 115 Å². The third-order valence-corrected chi connectivity index (χ3v) is 4.35. The lowest BCUT2D eigenvalue weighted by atomic mass is 10.0. The van der Waals surface area contributed by atoms with Gasteiger partial charge in [-0.2, -0.15) is 0 Å². The number of amides is 2. The summed E-state index contributed by atoms with van der Waals surface area (Å²) in [6, 6.07) is -0.654. The number of piperazine rings is 1. The van der Waals surface area contributed by atoms with Gasteiger partial charge in [-0.05, 0) is 38.8 Å². The topological polar surface area (TPSA) is 52.7 Å². The maximum absolute atomic E-state index is 12.3. The van der Waals surface area contributed by atoms with Gasteiger partial charge >= 0.3 is 0 Å². The highest BCUT2D eigenvalue weighted by Crippen LogP contribution is 2.21. The fourth-order valence-corrected chi connectivity index (χ4v) is 3.17. The first-order chi connectivity index (χ1) is 9.06. The van der Waals surface area contributed by atoms with E-state index < -0.39 is 0 Å². The van der Waals surface area contributed by atoms with Crippen LogP contribution in [0.1, 0.15) is 33.6 Å². The lowest BCUT2D eigenvalue weighted by Crippen LogP contribution is -2.63. The Morgan fingerprint density at radius 3 is 2.63 bits per heavy atom. The molecule has 2 heterocycles. The minimum absolute atomic E-state index is 0.0000513. The molecular formula is C14H25N3O2. The summed E-state index contributed by atoms with van der Waals surface area (Å²) in [5.41, 5.74) is 0. The van der Waals surface area contributed by atoms with Crippen molar-refractivity contribution < 1.29 is 9.59 Å². The molecule has 0 aromatic carbocycles. The maximum Gasteiger partial charge on any atom is 0.245 e. The molecule has 19 heavy (non-hydrogen) atoms. The molecule has 1 N–H and O–H groups in total. The highest BCUT2D eigenvalue weighted by Gasteiger charge is 2.39. The van der Waals surface area contributed by atoms with Crippen LogP contribution in [0, 0.1) is 5.92 Å². The van der Waals surface area contributed by atoms with Crippen LogP contribution in [0.2, 0.25) is 0 Å². The molecule has 0 saturated carbocycles. The molecule has 2 aliphatic rings. The van der Waals surface area contributed by atoms with Gasteiger partial charge in [-0.15, -0.1) is 0 Å². The molecule has 0 aromatic rings. The molecular weight excluding hydrogens is 242 g/mol. The van der Waals surface area contributed by atoms with Crippen LogP contribution in [0.4, 0.5) is 0 Å². The van der Waals surface area contributed by atoms with E-state index in [2.05, 4.69) is 17.1 Å². The van der Waals surface area contributed by atoms with Crippen molar-refractivity contribution in [3.05, 3.63) is 0 Å². The number of likely N-dealkylation sites (tertiary alicyclic amines) is 1. The summed E-state index contributed by atoms with van der Waals surface area (Å²) < 4.78 is 0. The second-order valence-corrected chi connectivity index (χ2v) is 5.69. The van der Waals surface area contributed by atoms with Gasteiger partial charge in [0.2, 0.25) is 11.8 Å². The smallest absolute Gasteiger partial charge is 0.245 e. The Morgan fingerprint density at radius 2 is 2.05 bits per heavy atom. The Balaban J connectivity index is 2.03. The second kappa shape index (κ2) is 5.90. The van der Waals surface area contributed by atoms with Gasteiger partial charge < -0.3 is 15.1 Å². The SMILES string of the molecule is CCC1C(=O)NC(C)C(=O)N1CC1CCN(CC)C1. The lowest BCUT2D eigenvalue weighted by Gasteiger charge is -2.38. The molecule has 0 radical (unpaired) electrons. The van der Waals surface area contributed by atoms with Crippen molar-refractivity contribution in [2.24, 2.45) is 5.92 Å². The molecule has 108 valence electrons. The number of nitrogens with zero attached hydrogens (tertiary/aromatic N) is 2. The zero-order valence-electron chi connectivity index (χ0n) is 12.2. The maximum atomic E-state index is 12.3. The van der Waals surface area contributed by atoms with Crippen LogP contribution >= 0.6 is 0 Å². The molecule has 3 unspecified atom stereocenters. The van der Waals surface area contributed by atoms with Crippen LogP contribution in [0.25, 0.3) is 0 Å². The van der Waals surface area contributed by atoms with E-state index in [0.29, 0.717) is 12.3 Å². The van der Waals surface area contributed by atoms with Crippen LogP contribution < -0.4 is 5.32 Å². The van der Waals surface area contributed by atoms with Crippen molar-refractivity contribution in [1.82, 2.24) is 15.1 Å². The molecule has 2 rings (SSSR count). The zero-order valence-corrected chi connectivity index (χ0v) is 12.2. The molecule has 5 heteroatoms. The van der Waals surface area contributed by atoms with Crippen molar-refractivity contribution >= 4 is 11.8 Å². The molecule has 2 saturated heterocycles. The first-order valence-corrected chi connectivity index (χ1v) is 7.40. The van der Waals surface area contributed by atoms with Gasteiger partial charge in [0, 0.05) is 13.1 Å². The first-order valence-electron chi connectivity index (χ1n) is 7.40. The van der Waals surface area contributed by atoms with E-state index >= 15 is 0 Å². The van der Waals surface area contributed by atoms with Crippen molar-refractivity contribution in [2.75, 3.05) is 26.2 Å². The fourth-order valence-electron chi connectivity index (χ4n) is 3.17. The summed E-state index contributed by atoms with van der Waals surface area (Å²) >= 11 is 0. The van der Waals surface area contributed by atoms with Crippen molar-refractivity contribution in [3.63, 3.8) is 0 Å². The number of carbonyl (C=O) groups is 2. The summed E-state index contributed by atoms with van der Waals surface area (Å²) in [6.07, 6.45) is 1.82. The summed E-state index contributed by atoms with van der Waals surface area (Å²) in [4.78, 5) is 28.5. The first kappa shape index (κ1) is 14.3. The van der Waals surface area contributed by atoms with Gasteiger partial charge in [-0.1, -0.05) is 13.8 Å². The van der Waals surface area contributed by atoms with E-state index in [0.717, 1.165) is 32.6 Å². The lowest BCUT2D eigenvalue weighted by molar-refractivity contribution is -0.149. The van der Waals surface area contributed by atoms with E-state index in [1.807, 2.05) is 11.8 Å². The second-order valence-electron chi connectivity index (χ2n) is 5.69. The number of hydrogen-bond acceptors (Lipinski definition) is 3. The van der Waals surface area contributed by atoms with Crippen LogP contribution in [-0.2, 0) is 9.59 Å². The monoisotopic (exact) mass is 267 g/mol. The van der Waals surface area contributed by atoms with E-state index in [1.165, 1.54) is 0 Å². The van der Waals surface area contributed by atoms with Gasteiger partial charge in [-0.25, -0.2) is 0 Å². The summed E-state index contributed by atoms with van der Waals surface area (Å²) in [5.74, 6) is 0.581. The van der Waals surface area contributed by atoms with E-state index in [-0.39, 0.29) is 23.9 Å². The van der Waals surface area contributed by atoms with Crippen molar-refractivity contribution in [2.45, 2.75) is 45.7 Å². The number of hydrogen-bond donors (Lipinski definition) is 1. The highest BCUT2D eigenvalue weighted by atomic mass is 16.2.